The first-order valence-corrected chi connectivity index (χ1v) is 10.2. The summed E-state index contributed by atoms with van der Waals surface area (Å²) in [4.78, 5) is 46.8. The molecule has 10 heteroatoms. The van der Waals surface area contributed by atoms with Gasteiger partial charge in [-0.05, 0) is 41.5 Å². The number of nitrogens with two attached hydrogens (primary N) is 1. The van der Waals surface area contributed by atoms with Crippen molar-refractivity contribution in [2.75, 3.05) is 6.54 Å². The van der Waals surface area contributed by atoms with E-state index >= 15 is 0 Å². The van der Waals surface area contributed by atoms with Crippen molar-refractivity contribution in [3.05, 3.63) is 16.1 Å². The number of β-lactam (4-membered cyclic amide) rings is 1. The second kappa shape index (κ2) is 8.58. The van der Waals surface area contributed by atoms with E-state index in [-0.39, 0.29) is 30.6 Å². The van der Waals surface area contributed by atoms with Gasteiger partial charge in [0.1, 0.15) is 11.3 Å². The molecule has 2 heterocycles. The van der Waals surface area contributed by atoms with Gasteiger partial charge in [0, 0.05) is 18.3 Å². The van der Waals surface area contributed by atoms with Crippen LogP contribution in [0, 0.1) is 12.8 Å². The smallest absolute Gasteiger partial charge is 0.353 e. The zero-order chi connectivity index (χ0) is 22.0. The Morgan fingerprint density at radius 1 is 1.31 bits per heavy atom. The maximum absolute atomic E-state index is 12.9. The highest BCUT2D eigenvalue weighted by molar-refractivity contribution is 7.09. The van der Waals surface area contributed by atoms with Gasteiger partial charge >= 0.3 is 5.97 Å². The molecule has 1 aromatic heterocycles. The van der Waals surface area contributed by atoms with Crippen LogP contribution in [0.2, 0.25) is 0 Å². The number of Topliss-reactive ketones (excluding diaryl/α,β-unsaturated/α-hetero) is 1. The maximum Gasteiger partial charge on any atom is 0.353 e. The van der Waals surface area contributed by atoms with Crippen molar-refractivity contribution in [3.63, 3.8) is 0 Å². The van der Waals surface area contributed by atoms with Crippen LogP contribution in [-0.4, -0.2) is 52.1 Å². The van der Waals surface area contributed by atoms with Crippen LogP contribution in [0.15, 0.2) is 10.5 Å². The Labute approximate surface area is 174 Å². The van der Waals surface area contributed by atoms with E-state index in [2.05, 4.69) is 15.5 Å². The molecular formula is C19H28N4O5S. The number of carbonyl (C=O) groups excluding carboxylic acids is 3. The van der Waals surface area contributed by atoms with Crippen LogP contribution in [0.5, 0.6) is 0 Å². The van der Waals surface area contributed by atoms with Gasteiger partial charge in [0.25, 0.3) is 0 Å². The number of rotatable bonds is 8. The summed E-state index contributed by atoms with van der Waals surface area (Å²) in [5, 5.41) is 9.05. The molecule has 1 aromatic rings. The topological polar surface area (TPSA) is 133 Å². The van der Waals surface area contributed by atoms with Crippen LogP contribution in [-0.2, 0) is 24.0 Å². The fourth-order valence-electron chi connectivity index (χ4n) is 2.54. The monoisotopic (exact) mass is 424 g/mol. The first-order valence-electron chi connectivity index (χ1n) is 9.30. The Bertz CT molecular complexity index is 825. The van der Waals surface area contributed by atoms with Crippen molar-refractivity contribution in [2.45, 2.75) is 65.2 Å². The van der Waals surface area contributed by atoms with Crippen LogP contribution in [0.25, 0.3) is 0 Å². The van der Waals surface area contributed by atoms with E-state index in [1.54, 1.807) is 33.1 Å². The van der Waals surface area contributed by atoms with Gasteiger partial charge in [0.15, 0.2) is 11.5 Å². The third kappa shape index (κ3) is 5.83. The number of ketones is 1. The lowest BCUT2D eigenvalue weighted by Gasteiger charge is -2.35. The van der Waals surface area contributed by atoms with Gasteiger partial charge in [-0.1, -0.05) is 5.16 Å². The minimum atomic E-state index is -1.42. The third-order valence-electron chi connectivity index (χ3n) is 4.19. The van der Waals surface area contributed by atoms with Gasteiger partial charge < -0.3 is 20.6 Å². The number of ether oxygens (including phenoxy) is 1. The maximum atomic E-state index is 12.9. The number of oxime groups is 1. The van der Waals surface area contributed by atoms with Crippen LogP contribution in [0.4, 0.5) is 0 Å². The van der Waals surface area contributed by atoms with Crippen molar-refractivity contribution in [1.82, 2.24) is 10.3 Å². The molecule has 0 radical (unpaired) electrons. The summed E-state index contributed by atoms with van der Waals surface area (Å²) in [5.41, 5.74) is 3.79. The van der Waals surface area contributed by atoms with Gasteiger partial charge in [0.2, 0.25) is 11.5 Å². The van der Waals surface area contributed by atoms with Crippen molar-refractivity contribution >= 4 is 34.7 Å². The highest BCUT2D eigenvalue weighted by Gasteiger charge is 2.41. The molecule has 0 aromatic carbocycles. The largest absolute Gasteiger partial charge is 0.457 e. The molecule has 1 amide bonds. The molecular weight excluding hydrogens is 396 g/mol. The molecule has 1 aliphatic heterocycles. The highest BCUT2D eigenvalue weighted by atomic mass is 32.1. The van der Waals surface area contributed by atoms with E-state index in [1.165, 1.54) is 25.2 Å². The number of nitrogens with zero attached hydrogens (tertiary/aromatic N) is 2. The number of thiazole rings is 1. The summed E-state index contributed by atoms with van der Waals surface area (Å²) in [6, 6.07) is -0.246. The molecule has 1 saturated heterocycles. The molecule has 2 rings (SSSR count). The molecule has 9 nitrogen and oxygen atoms in total. The van der Waals surface area contributed by atoms with Crippen LogP contribution >= 0.6 is 11.3 Å². The second-order valence-corrected chi connectivity index (χ2v) is 9.44. The van der Waals surface area contributed by atoms with Gasteiger partial charge in [-0.25, -0.2) is 9.78 Å². The standard InChI is InChI=1S/C19H28N4O5S/c1-10-21-13(9-29-10)15(14(24)7-11-12(8-20)22-16(11)25)23-28-19(5,6)17(26)27-18(2,3)4/h9,11-12H,7-8,20H2,1-6H3,(H,22,25)/b23-15-/t11-,12+/m0/s1. The summed E-state index contributed by atoms with van der Waals surface area (Å²) in [6.45, 7) is 10.3. The Morgan fingerprint density at radius 2 is 1.97 bits per heavy atom. The highest BCUT2D eigenvalue weighted by Crippen LogP contribution is 2.22. The zero-order valence-corrected chi connectivity index (χ0v) is 18.4. The predicted molar refractivity (Wildman–Crippen MR) is 108 cm³/mol. The van der Waals surface area contributed by atoms with Crippen LogP contribution in [0.3, 0.4) is 0 Å². The fourth-order valence-corrected chi connectivity index (χ4v) is 3.14. The average Bonchev–Trinajstić information content (AvgIpc) is 3.02. The first-order chi connectivity index (χ1) is 13.3. The quantitative estimate of drug-likeness (QED) is 0.278. The average molecular weight is 425 g/mol. The number of aromatic nitrogens is 1. The van der Waals surface area contributed by atoms with Gasteiger partial charge in [-0.15, -0.1) is 11.3 Å². The number of hydrogen-bond acceptors (Lipinski definition) is 9. The van der Waals surface area contributed by atoms with Gasteiger partial charge in [0.05, 0.1) is 17.0 Å². The Hall–Kier alpha value is -2.33. The van der Waals surface area contributed by atoms with Gasteiger partial charge in [-0.2, -0.15) is 0 Å². The van der Waals surface area contributed by atoms with Crippen molar-refractivity contribution in [1.29, 1.82) is 0 Å². The summed E-state index contributed by atoms with van der Waals surface area (Å²) >= 11 is 1.35. The minimum Gasteiger partial charge on any atom is -0.457 e. The number of nitrogens with one attached hydrogen (secondary N) is 1. The number of carbonyl (C=O) groups is 3. The van der Waals surface area contributed by atoms with Crippen molar-refractivity contribution < 1.29 is 24.0 Å². The third-order valence-corrected chi connectivity index (χ3v) is 4.96. The molecule has 3 N–H and O–H groups in total. The molecule has 1 fully saturated rings. The fraction of sp³-hybridized carbons (Fsp3) is 0.632. The van der Waals surface area contributed by atoms with E-state index in [9.17, 15) is 14.4 Å². The van der Waals surface area contributed by atoms with E-state index < -0.39 is 28.9 Å². The molecule has 160 valence electrons. The van der Waals surface area contributed by atoms with Crippen LogP contribution in [0.1, 0.15) is 51.7 Å². The summed E-state index contributed by atoms with van der Waals surface area (Å²) in [7, 11) is 0. The van der Waals surface area contributed by atoms with E-state index in [4.69, 9.17) is 15.3 Å². The zero-order valence-electron chi connectivity index (χ0n) is 17.6. The summed E-state index contributed by atoms with van der Waals surface area (Å²) < 4.78 is 5.34. The predicted octanol–water partition coefficient (Wildman–Crippen LogP) is 1.33. The summed E-state index contributed by atoms with van der Waals surface area (Å²) in [6.07, 6.45) is -0.0701. The number of aryl methyl sites for hydroxylation is 1. The Kier molecular flexibility index (Phi) is 6.79. The lowest BCUT2D eigenvalue weighted by molar-refractivity contribution is -0.179. The Balaban J connectivity index is 2.23. The molecule has 1 aliphatic rings. The minimum absolute atomic E-state index is 0.0403. The molecule has 0 aliphatic carbocycles. The van der Waals surface area contributed by atoms with Crippen LogP contribution < -0.4 is 11.1 Å². The number of amides is 1. The number of esters is 1. The lowest BCUT2D eigenvalue weighted by atomic mass is 9.85. The SMILES string of the molecule is Cc1nc(/C(=N/OC(C)(C)C(=O)OC(C)(C)C)C(=O)C[C@@H]2C(=O)N[C@@H]2CN)cs1. The second-order valence-electron chi connectivity index (χ2n) is 8.38. The molecule has 0 spiro atoms. The molecule has 2 atom stereocenters. The van der Waals surface area contributed by atoms with E-state index in [0.717, 1.165) is 5.01 Å². The molecule has 0 bridgehead atoms. The molecule has 0 unspecified atom stereocenters. The normalized spacial score (nSPS) is 20.0. The number of hydrogen-bond donors (Lipinski definition) is 2. The lowest BCUT2D eigenvalue weighted by Crippen LogP contribution is -2.61. The van der Waals surface area contributed by atoms with Gasteiger partial charge in [-0.3, -0.25) is 9.59 Å². The molecule has 0 saturated carbocycles. The molecule has 29 heavy (non-hydrogen) atoms. The van der Waals surface area contributed by atoms with Crippen molar-refractivity contribution in [2.24, 2.45) is 16.8 Å². The first kappa shape index (κ1) is 23.0. The van der Waals surface area contributed by atoms with E-state index in [1.807, 2.05) is 0 Å². The van der Waals surface area contributed by atoms with E-state index in [0.29, 0.717) is 5.69 Å². The Morgan fingerprint density at radius 3 is 2.45 bits per heavy atom. The summed E-state index contributed by atoms with van der Waals surface area (Å²) in [5.74, 6) is -1.76. The van der Waals surface area contributed by atoms with Crippen molar-refractivity contribution in [3.8, 4) is 0 Å².